The molecule has 2 bridgehead atoms. The van der Waals surface area contributed by atoms with Crippen molar-refractivity contribution in [1.29, 1.82) is 0 Å². The SMILES string of the molecule is C=C(C)C(=O)OC1CCC2C1=C1CCC2C1. The molecule has 2 fully saturated rings. The van der Waals surface area contributed by atoms with Gasteiger partial charge in [0.25, 0.3) is 0 Å². The van der Waals surface area contributed by atoms with E-state index >= 15 is 0 Å². The highest BCUT2D eigenvalue weighted by Gasteiger charge is 2.46. The number of hydrogen-bond donors (Lipinski definition) is 0. The quantitative estimate of drug-likeness (QED) is 0.404. The van der Waals surface area contributed by atoms with Crippen molar-refractivity contribution in [3.63, 3.8) is 0 Å². The molecule has 0 aromatic carbocycles. The predicted octanol–water partition coefficient (Wildman–Crippen LogP) is 2.99. The van der Waals surface area contributed by atoms with E-state index < -0.39 is 0 Å². The van der Waals surface area contributed by atoms with E-state index in [1.807, 2.05) is 0 Å². The summed E-state index contributed by atoms with van der Waals surface area (Å²) in [4.78, 5) is 11.5. The van der Waals surface area contributed by atoms with Crippen LogP contribution in [-0.4, -0.2) is 12.1 Å². The number of fused-ring (bicyclic) bond motifs is 4. The molecule has 0 aromatic rings. The fourth-order valence-corrected chi connectivity index (χ4v) is 3.70. The van der Waals surface area contributed by atoms with Crippen LogP contribution in [0.25, 0.3) is 0 Å². The van der Waals surface area contributed by atoms with Gasteiger partial charge in [-0.25, -0.2) is 4.79 Å². The minimum Gasteiger partial charge on any atom is -0.454 e. The zero-order valence-electron chi connectivity index (χ0n) is 9.79. The first-order valence-corrected chi connectivity index (χ1v) is 6.25. The minimum atomic E-state index is -0.221. The molecule has 3 rings (SSSR count). The zero-order valence-corrected chi connectivity index (χ0v) is 9.79. The van der Waals surface area contributed by atoms with Gasteiger partial charge in [0.2, 0.25) is 0 Å². The molecule has 3 unspecified atom stereocenters. The molecule has 2 nitrogen and oxygen atoms in total. The predicted molar refractivity (Wildman–Crippen MR) is 61.8 cm³/mol. The van der Waals surface area contributed by atoms with Gasteiger partial charge in [-0.15, -0.1) is 0 Å². The summed E-state index contributed by atoms with van der Waals surface area (Å²) in [6.07, 6.45) is 6.22. The Morgan fingerprint density at radius 1 is 1.38 bits per heavy atom. The molecule has 0 aromatic heterocycles. The zero-order chi connectivity index (χ0) is 11.3. The lowest BCUT2D eigenvalue weighted by Gasteiger charge is -2.20. The molecular weight excluding hydrogens is 200 g/mol. The highest BCUT2D eigenvalue weighted by molar-refractivity contribution is 5.87. The largest absolute Gasteiger partial charge is 0.454 e. The Balaban J connectivity index is 1.79. The van der Waals surface area contributed by atoms with Crippen LogP contribution in [0.5, 0.6) is 0 Å². The van der Waals surface area contributed by atoms with Crippen molar-refractivity contribution in [2.75, 3.05) is 0 Å². The maximum Gasteiger partial charge on any atom is 0.333 e. The molecule has 3 aliphatic carbocycles. The maximum absolute atomic E-state index is 11.5. The van der Waals surface area contributed by atoms with Crippen molar-refractivity contribution in [3.05, 3.63) is 23.3 Å². The topological polar surface area (TPSA) is 26.3 Å². The number of allylic oxidation sites excluding steroid dienone is 1. The minimum absolute atomic E-state index is 0.0782. The molecule has 0 radical (unpaired) electrons. The molecule has 3 aliphatic rings. The van der Waals surface area contributed by atoms with Crippen molar-refractivity contribution in [2.24, 2.45) is 11.8 Å². The normalized spacial score (nSPS) is 35.4. The number of carbonyl (C=O) groups is 1. The average molecular weight is 218 g/mol. The molecule has 86 valence electrons. The Morgan fingerprint density at radius 2 is 2.19 bits per heavy atom. The van der Waals surface area contributed by atoms with E-state index in [4.69, 9.17) is 4.74 Å². The lowest BCUT2D eigenvalue weighted by molar-refractivity contribution is -0.142. The van der Waals surface area contributed by atoms with Crippen molar-refractivity contribution in [2.45, 2.75) is 45.1 Å². The van der Waals surface area contributed by atoms with Gasteiger partial charge in [-0.3, -0.25) is 0 Å². The van der Waals surface area contributed by atoms with Crippen molar-refractivity contribution < 1.29 is 9.53 Å². The molecule has 2 heteroatoms. The van der Waals surface area contributed by atoms with E-state index in [0.717, 1.165) is 18.3 Å². The molecule has 16 heavy (non-hydrogen) atoms. The summed E-state index contributed by atoms with van der Waals surface area (Å²) in [5.74, 6) is 1.40. The Kier molecular flexibility index (Phi) is 2.20. The van der Waals surface area contributed by atoms with Gasteiger partial charge in [0.15, 0.2) is 0 Å². The lowest BCUT2D eigenvalue weighted by Crippen LogP contribution is -2.19. The standard InChI is InChI=1S/C14H18O2/c1-8(2)14(15)16-12-6-5-11-9-3-4-10(7-9)13(11)12/h9,11-12H,1,3-7H2,2H3. The fourth-order valence-electron chi connectivity index (χ4n) is 3.70. The first kappa shape index (κ1) is 10.1. The maximum atomic E-state index is 11.5. The van der Waals surface area contributed by atoms with E-state index in [-0.39, 0.29) is 12.1 Å². The molecule has 0 saturated heterocycles. The molecule has 0 heterocycles. The second-order valence-electron chi connectivity index (χ2n) is 5.42. The van der Waals surface area contributed by atoms with Crippen molar-refractivity contribution in [3.8, 4) is 0 Å². The van der Waals surface area contributed by atoms with Gasteiger partial charge in [0.1, 0.15) is 6.10 Å². The van der Waals surface area contributed by atoms with Crippen LogP contribution in [0.4, 0.5) is 0 Å². The summed E-state index contributed by atoms with van der Waals surface area (Å²) < 4.78 is 5.54. The van der Waals surface area contributed by atoms with Gasteiger partial charge in [0, 0.05) is 5.57 Å². The molecule has 0 N–H and O–H groups in total. The molecule has 0 aliphatic heterocycles. The van der Waals surface area contributed by atoms with Gasteiger partial charge in [-0.05, 0) is 56.4 Å². The molecule has 2 saturated carbocycles. The second-order valence-corrected chi connectivity index (χ2v) is 5.42. The Bertz CT molecular complexity index is 392. The van der Waals surface area contributed by atoms with Crippen LogP contribution in [0.3, 0.4) is 0 Å². The summed E-state index contributed by atoms with van der Waals surface area (Å²) >= 11 is 0. The van der Waals surface area contributed by atoms with E-state index in [1.165, 1.54) is 31.3 Å². The molecule has 3 atom stereocenters. The van der Waals surface area contributed by atoms with E-state index in [2.05, 4.69) is 6.58 Å². The van der Waals surface area contributed by atoms with Gasteiger partial charge in [-0.2, -0.15) is 0 Å². The summed E-state index contributed by atoms with van der Waals surface area (Å²) in [7, 11) is 0. The van der Waals surface area contributed by atoms with Crippen LogP contribution < -0.4 is 0 Å². The number of carbonyl (C=O) groups excluding carboxylic acids is 1. The Morgan fingerprint density at radius 3 is 2.94 bits per heavy atom. The summed E-state index contributed by atoms with van der Waals surface area (Å²) in [5.41, 5.74) is 3.61. The van der Waals surface area contributed by atoms with Gasteiger partial charge in [0.05, 0.1) is 0 Å². The van der Waals surface area contributed by atoms with Crippen LogP contribution >= 0.6 is 0 Å². The fraction of sp³-hybridized carbons (Fsp3) is 0.643. The number of hydrogen-bond acceptors (Lipinski definition) is 2. The van der Waals surface area contributed by atoms with Gasteiger partial charge >= 0.3 is 5.97 Å². The van der Waals surface area contributed by atoms with Gasteiger partial charge in [-0.1, -0.05) is 12.2 Å². The number of rotatable bonds is 2. The second kappa shape index (κ2) is 3.47. The van der Waals surface area contributed by atoms with Crippen LogP contribution in [0.2, 0.25) is 0 Å². The van der Waals surface area contributed by atoms with Crippen LogP contribution in [0.15, 0.2) is 23.3 Å². The van der Waals surface area contributed by atoms with Crippen LogP contribution in [-0.2, 0) is 9.53 Å². The number of ether oxygens (including phenoxy) is 1. The molecule has 0 amide bonds. The molecular formula is C14H18O2. The van der Waals surface area contributed by atoms with Crippen LogP contribution in [0, 0.1) is 11.8 Å². The Labute approximate surface area is 96.4 Å². The van der Waals surface area contributed by atoms with E-state index in [1.54, 1.807) is 12.5 Å². The average Bonchev–Trinajstić information content (AvgIpc) is 2.88. The van der Waals surface area contributed by atoms with E-state index in [9.17, 15) is 4.79 Å². The van der Waals surface area contributed by atoms with E-state index in [0.29, 0.717) is 5.57 Å². The van der Waals surface area contributed by atoms with Crippen molar-refractivity contribution in [1.82, 2.24) is 0 Å². The summed E-state index contributed by atoms with van der Waals surface area (Å²) in [5, 5.41) is 0. The highest BCUT2D eigenvalue weighted by atomic mass is 16.5. The third kappa shape index (κ3) is 1.35. The third-order valence-electron chi connectivity index (χ3n) is 4.39. The lowest BCUT2D eigenvalue weighted by atomic mass is 9.88. The first-order chi connectivity index (χ1) is 7.66. The van der Waals surface area contributed by atoms with Crippen molar-refractivity contribution >= 4 is 5.97 Å². The summed E-state index contributed by atoms with van der Waals surface area (Å²) in [6, 6.07) is 0. The van der Waals surface area contributed by atoms with Gasteiger partial charge < -0.3 is 4.74 Å². The highest BCUT2D eigenvalue weighted by Crippen LogP contribution is 2.55. The Hall–Kier alpha value is -1.05. The monoisotopic (exact) mass is 218 g/mol. The van der Waals surface area contributed by atoms with Crippen LogP contribution in [0.1, 0.15) is 39.0 Å². The third-order valence-corrected chi connectivity index (χ3v) is 4.39. The smallest absolute Gasteiger partial charge is 0.333 e. The first-order valence-electron chi connectivity index (χ1n) is 6.25. The summed E-state index contributed by atoms with van der Waals surface area (Å²) in [6.45, 7) is 5.36. The molecule has 0 spiro atoms. The number of esters is 1.